The van der Waals surface area contributed by atoms with Gasteiger partial charge in [-0.1, -0.05) is 6.92 Å². The topological polar surface area (TPSA) is 29.9 Å². The van der Waals surface area contributed by atoms with E-state index in [0.29, 0.717) is 6.04 Å². The Bertz CT molecular complexity index is 369. The molecule has 1 N–H and O–H groups in total. The van der Waals surface area contributed by atoms with Crippen LogP contribution in [-0.4, -0.2) is 22.6 Å². The monoisotopic (exact) mass is 219 g/mol. The Morgan fingerprint density at radius 2 is 2.25 bits per heavy atom. The summed E-state index contributed by atoms with van der Waals surface area (Å²) >= 11 is 0. The molecule has 1 saturated heterocycles. The van der Waals surface area contributed by atoms with Gasteiger partial charge in [-0.3, -0.25) is 0 Å². The fourth-order valence-corrected chi connectivity index (χ4v) is 3.19. The van der Waals surface area contributed by atoms with Gasteiger partial charge in [-0.05, 0) is 51.1 Å². The van der Waals surface area contributed by atoms with E-state index in [1.165, 1.54) is 43.5 Å². The molecule has 1 aliphatic heterocycles. The van der Waals surface area contributed by atoms with Gasteiger partial charge in [0.15, 0.2) is 0 Å². The highest BCUT2D eigenvalue weighted by molar-refractivity contribution is 5.17. The number of fused-ring (bicyclic) bond motifs is 1. The molecule has 16 heavy (non-hydrogen) atoms. The van der Waals surface area contributed by atoms with Gasteiger partial charge in [0.2, 0.25) is 0 Å². The van der Waals surface area contributed by atoms with Crippen molar-refractivity contribution in [1.29, 1.82) is 0 Å². The van der Waals surface area contributed by atoms with E-state index in [9.17, 15) is 0 Å². The second-order valence-electron chi connectivity index (χ2n) is 5.29. The lowest BCUT2D eigenvalue weighted by atomic mass is 9.93. The van der Waals surface area contributed by atoms with Gasteiger partial charge in [0.1, 0.15) is 0 Å². The summed E-state index contributed by atoms with van der Waals surface area (Å²) in [6.45, 7) is 4.66. The number of aromatic nitrogens is 2. The molecule has 2 heterocycles. The highest BCUT2D eigenvalue weighted by Crippen LogP contribution is 2.29. The van der Waals surface area contributed by atoms with Gasteiger partial charge >= 0.3 is 0 Å². The molecule has 0 aromatic carbocycles. The summed E-state index contributed by atoms with van der Waals surface area (Å²) in [7, 11) is 0. The Hall–Kier alpha value is -0.830. The first-order valence-corrected chi connectivity index (χ1v) is 6.61. The largest absolute Gasteiger partial charge is 0.331 e. The van der Waals surface area contributed by atoms with Crippen LogP contribution in [0.15, 0.2) is 6.33 Å². The molecule has 1 aliphatic carbocycles. The zero-order valence-electron chi connectivity index (χ0n) is 10.1. The van der Waals surface area contributed by atoms with Gasteiger partial charge in [-0.2, -0.15) is 0 Å². The van der Waals surface area contributed by atoms with Crippen molar-refractivity contribution in [3.8, 4) is 0 Å². The van der Waals surface area contributed by atoms with E-state index in [4.69, 9.17) is 0 Å². The number of nitrogens with one attached hydrogen (secondary N) is 1. The number of nitrogens with zero attached hydrogens (tertiary/aromatic N) is 2. The number of hydrogen-bond acceptors (Lipinski definition) is 2. The number of piperidine rings is 1. The lowest BCUT2D eigenvalue weighted by Gasteiger charge is -2.32. The van der Waals surface area contributed by atoms with Crippen molar-refractivity contribution in [1.82, 2.24) is 14.9 Å². The molecule has 0 saturated carbocycles. The SMILES string of the molecule is CC1CNCCC1n1cnc2c1CCCC2. The average Bonchev–Trinajstić information content (AvgIpc) is 2.74. The standard InChI is InChI=1S/C13H21N3/c1-10-8-14-7-6-12(10)16-9-15-11-4-2-3-5-13(11)16/h9-10,12,14H,2-8H2,1H3. The summed E-state index contributed by atoms with van der Waals surface area (Å²) in [6.07, 6.45) is 8.46. The minimum Gasteiger partial charge on any atom is -0.331 e. The molecule has 0 radical (unpaired) electrons. The molecule has 3 nitrogen and oxygen atoms in total. The van der Waals surface area contributed by atoms with E-state index >= 15 is 0 Å². The number of imidazole rings is 1. The zero-order chi connectivity index (χ0) is 11.0. The fourth-order valence-electron chi connectivity index (χ4n) is 3.19. The first-order valence-electron chi connectivity index (χ1n) is 6.61. The van der Waals surface area contributed by atoms with Crippen molar-refractivity contribution in [3.05, 3.63) is 17.7 Å². The van der Waals surface area contributed by atoms with Crippen LogP contribution in [-0.2, 0) is 12.8 Å². The van der Waals surface area contributed by atoms with E-state index in [-0.39, 0.29) is 0 Å². The Morgan fingerprint density at radius 3 is 3.12 bits per heavy atom. The summed E-state index contributed by atoms with van der Waals surface area (Å²) in [5.74, 6) is 0.731. The molecule has 0 amide bonds. The second kappa shape index (κ2) is 4.21. The maximum Gasteiger partial charge on any atom is 0.0954 e. The predicted molar refractivity (Wildman–Crippen MR) is 64.6 cm³/mol. The van der Waals surface area contributed by atoms with E-state index in [0.717, 1.165) is 19.0 Å². The van der Waals surface area contributed by atoms with E-state index in [1.807, 2.05) is 0 Å². The Balaban J connectivity index is 1.90. The van der Waals surface area contributed by atoms with Crippen molar-refractivity contribution < 1.29 is 0 Å². The fraction of sp³-hybridized carbons (Fsp3) is 0.769. The normalized spacial score (nSPS) is 30.1. The molecule has 3 heteroatoms. The smallest absolute Gasteiger partial charge is 0.0954 e. The van der Waals surface area contributed by atoms with Crippen LogP contribution in [0, 0.1) is 5.92 Å². The molecule has 2 aliphatic rings. The van der Waals surface area contributed by atoms with Crippen molar-refractivity contribution in [3.63, 3.8) is 0 Å². The van der Waals surface area contributed by atoms with Gasteiger partial charge in [-0.15, -0.1) is 0 Å². The van der Waals surface area contributed by atoms with Crippen LogP contribution in [0.2, 0.25) is 0 Å². The minimum atomic E-state index is 0.676. The summed E-state index contributed by atoms with van der Waals surface area (Å²) < 4.78 is 2.49. The molecule has 88 valence electrons. The second-order valence-corrected chi connectivity index (χ2v) is 5.29. The molecule has 1 aromatic heterocycles. The van der Waals surface area contributed by atoms with E-state index < -0.39 is 0 Å². The molecule has 3 rings (SSSR count). The third-order valence-electron chi connectivity index (χ3n) is 4.16. The third-order valence-corrected chi connectivity index (χ3v) is 4.16. The van der Waals surface area contributed by atoms with E-state index in [2.05, 4.69) is 28.1 Å². The van der Waals surface area contributed by atoms with Crippen molar-refractivity contribution in [2.45, 2.75) is 45.1 Å². The molecule has 0 bridgehead atoms. The van der Waals surface area contributed by atoms with Crippen LogP contribution in [0.1, 0.15) is 43.6 Å². The highest BCUT2D eigenvalue weighted by atomic mass is 15.1. The Morgan fingerprint density at radius 1 is 1.38 bits per heavy atom. The van der Waals surface area contributed by atoms with Crippen molar-refractivity contribution in [2.75, 3.05) is 13.1 Å². The van der Waals surface area contributed by atoms with Crippen molar-refractivity contribution >= 4 is 0 Å². The molecule has 2 atom stereocenters. The van der Waals surface area contributed by atoms with Crippen LogP contribution in [0.4, 0.5) is 0 Å². The number of aryl methyl sites for hydroxylation is 1. The van der Waals surface area contributed by atoms with Crippen LogP contribution in [0.25, 0.3) is 0 Å². The summed E-state index contributed by atoms with van der Waals surface area (Å²) in [6, 6.07) is 0.676. The molecule has 2 unspecified atom stereocenters. The van der Waals surface area contributed by atoms with E-state index in [1.54, 1.807) is 0 Å². The molecular weight excluding hydrogens is 198 g/mol. The van der Waals surface area contributed by atoms with Crippen LogP contribution < -0.4 is 5.32 Å². The van der Waals surface area contributed by atoms with Crippen LogP contribution in [0.5, 0.6) is 0 Å². The lowest BCUT2D eigenvalue weighted by Crippen LogP contribution is -2.36. The lowest BCUT2D eigenvalue weighted by molar-refractivity contribution is 0.268. The summed E-state index contributed by atoms with van der Waals surface area (Å²) in [5.41, 5.74) is 2.90. The van der Waals surface area contributed by atoms with Gasteiger partial charge in [0, 0.05) is 11.7 Å². The zero-order valence-corrected chi connectivity index (χ0v) is 10.1. The first kappa shape index (κ1) is 10.3. The maximum atomic E-state index is 4.61. The third kappa shape index (κ3) is 1.67. The molecule has 0 spiro atoms. The average molecular weight is 219 g/mol. The van der Waals surface area contributed by atoms with Gasteiger partial charge < -0.3 is 9.88 Å². The molecule has 1 fully saturated rings. The highest BCUT2D eigenvalue weighted by Gasteiger charge is 2.26. The summed E-state index contributed by atoms with van der Waals surface area (Å²) in [5, 5.41) is 3.47. The van der Waals surface area contributed by atoms with Crippen LogP contribution in [0.3, 0.4) is 0 Å². The Kier molecular flexibility index (Phi) is 2.72. The van der Waals surface area contributed by atoms with Crippen LogP contribution >= 0.6 is 0 Å². The van der Waals surface area contributed by atoms with Gasteiger partial charge in [0.05, 0.1) is 12.0 Å². The molecule has 1 aromatic rings. The maximum absolute atomic E-state index is 4.61. The first-order chi connectivity index (χ1) is 7.86. The van der Waals surface area contributed by atoms with Gasteiger partial charge in [0.25, 0.3) is 0 Å². The minimum absolute atomic E-state index is 0.676. The Labute approximate surface area is 97.3 Å². The van der Waals surface area contributed by atoms with Crippen molar-refractivity contribution in [2.24, 2.45) is 5.92 Å². The quantitative estimate of drug-likeness (QED) is 0.782. The predicted octanol–water partition coefficient (Wildman–Crippen LogP) is 1.93. The number of rotatable bonds is 1. The summed E-state index contributed by atoms with van der Waals surface area (Å²) in [4.78, 5) is 4.61. The number of hydrogen-bond donors (Lipinski definition) is 1. The van der Waals surface area contributed by atoms with Gasteiger partial charge in [-0.25, -0.2) is 4.98 Å². The molecular formula is C13H21N3.